The van der Waals surface area contributed by atoms with Crippen molar-refractivity contribution in [1.82, 2.24) is 0 Å². The van der Waals surface area contributed by atoms with Gasteiger partial charge in [0.05, 0.1) is 27.4 Å². The largest absolute Gasteiger partial charge is 0.494 e. The maximum atomic E-state index is 5.84. The van der Waals surface area contributed by atoms with Crippen molar-refractivity contribution < 1.29 is 40.2 Å². The highest BCUT2D eigenvalue weighted by molar-refractivity contribution is 5.41. The van der Waals surface area contributed by atoms with Crippen LogP contribution in [0.25, 0.3) is 0 Å². The lowest BCUT2D eigenvalue weighted by Crippen LogP contribution is -3.61. The van der Waals surface area contributed by atoms with Gasteiger partial charge in [-0.2, -0.15) is 0 Å². The second-order valence-electron chi connectivity index (χ2n) is 6.03. The minimum absolute atomic E-state index is 0.446. The van der Waals surface area contributed by atoms with Crippen LogP contribution in [0.5, 0.6) is 23.0 Å². The average Bonchev–Trinajstić information content (AvgIpc) is 2.70. The Morgan fingerprint density at radius 2 is 1.44 bits per heavy atom. The lowest BCUT2D eigenvalue weighted by atomic mass is 10.2. The highest BCUT2D eigenvalue weighted by atomic mass is 127. The Kier molecular flexibility index (Phi) is 9.59. The first-order chi connectivity index (χ1) is 13.2. The summed E-state index contributed by atoms with van der Waals surface area (Å²) in [5.41, 5.74) is 0. The molecule has 0 unspecified atom stereocenters. The summed E-state index contributed by atoms with van der Waals surface area (Å²) in [6, 6.07) is 12.3. The van der Waals surface area contributed by atoms with Crippen molar-refractivity contribution in [2.75, 3.05) is 27.4 Å². The lowest BCUT2D eigenvalue weighted by molar-refractivity contribution is -0.598. The molecule has 0 atom stereocenters. The summed E-state index contributed by atoms with van der Waals surface area (Å²) < 4.78 is 25.0. The smallest absolute Gasteiger partial charge is 0.366 e. The summed E-state index contributed by atoms with van der Waals surface area (Å²) in [5, 5.41) is 0. The highest BCUT2D eigenvalue weighted by Crippen LogP contribution is 2.28. The molecular formula is C22H30IO4+. The van der Waals surface area contributed by atoms with Gasteiger partial charge in [-0.3, -0.25) is 0 Å². The van der Waals surface area contributed by atoms with E-state index in [1.54, 1.807) is 14.2 Å². The van der Waals surface area contributed by atoms with Crippen molar-refractivity contribution in [1.29, 1.82) is 0 Å². The average molecular weight is 485 g/mol. The third-order valence-electron chi connectivity index (χ3n) is 4.01. The molecule has 4 nitrogen and oxygen atoms in total. The SMILES string of the molecule is CCCCCCOc1ccc([I+]c2c(OC)cc(OCC)cc2OC)cc1. The fourth-order valence-electron chi connectivity index (χ4n) is 2.61. The fraction of sp³-hybridized carbons (Fsp3) is 0.455. The summed E-state index contributed by atoms with van der Waals surface area (Å²) in [6.07, 6.45) is 4.87. The minimum atomic E-state index is -0.446. The molecule has 0 heterocycles. The van der Waals surface area contributed by atoms with Crippen molar-refractivity contribution in [2.45, 2.75) is 39.5 Å². The van der Waals surface area contributed by atoms with Crippen LogP contribution in [0.15, 0.2) is 36.4 Å². The van der Waals surface area contributed by atoms with Gasteiger partial charge >= 0.3 is 21.2 Å². The summed E-state index contributed by atoms with van der Waals surface area (Å²) in [7, 11) is 3.38. The molecule has 0 amide bonds. The number of halogens is 1. The Morgan fingerprint density at radius 3 is 2.00 bits per heavy atom. The molecule has 0 aromatic heterocycles. The Morgan fingerprint density at radius 1 is 0.778 bits per heavy atom. The molecule has 27 heavy (non-hydrogen) atoms. The molecule has 0 N–H and O–H groups in total. The Hall–Kier alpha value is -1.63. The van der Waals surface area contributed by atoms with Gasteiger partial charge in [-0.05, 0) is 37.6 Å². The van der Waals surface area contributed by atoms with Crippen molar-refractivity contribution >= 4 is 0 Å². The van der Waals surface area contributed by atoms with Gasteiger partial charge in [0.1, 0.15) is 11.5 Å². The van der Waals surface area contributed by atoms with E-state index in [-0.39, 0.29) is 0 Å². The minimum Gasteiger partial charge on any atom is -0.494 e. The van der Waals surface area contributed by atoms with Crippen LogP contribution >= 0.6 is 0 Å². The van der Waals surface area contributed by atoms with Crippen molar-refractivity contribution in [3.8, 4) is 23.0 Å². The van der Waals surface area contributed by atoms with Gasteiger partial charge in [-0.1, -0.05) is 26.2 Å². The number of hydrogen-bond donors (Lipinski definition) is 0. The molecule has 0 radical (unpaired) electrons. The first-order valence-electron chi connectivity index (χ1n) is 9.48. The van der Waals surface area contributed by atoms with E-state index >= 15 is 0 Å². The van der Waals surface area contributed by atoms with Gasteiger partial charge in [0.15, 0.2) is 15.1 Å². The molecule has 0 aliphatic carbocycles. The van der Waals surface area contributed by atoms with E-state index in [9.17, 15) is 0 Å². The molecule has 2 rings (SSSR count). The monoisotopic (exact) mass is 485 g/mol. The highest BCUT2D eigenvalue weighted by Gasteiger charge is 2.28. The number of hydrogen-bond acceptors (Lipinski definition) is 4. The Bertz CT molecular complexity index is 660. The van der Waals surface area contributed by atoms with E-state index in [0.717, 1.165) is 39.6 Å². The standard InChI is InChI=1S/C22H30IO4/c1-5-7-8-9-14-27-18-12-10-17(11-13-18)23-22-20(24-3)15-19(26-6-2)16-21(22)25-4/h10-13,15-16H,5-9,14H2,1-4H3/q+1. The zero-order chi connectivity index (χ0) is 19.5. The predicted octanol–water partition coefficient (Wildman–Crippen LogP) is 2.19. The van der Waals surface area contributed by atoms with Gasteiger partial charge in [0.25, 0.3) is 3.57 Å². The first-order valence-corrected chi connectivity index (χ1v) is 11.6. The van der Waals surface area contributed by atoms with Crippen molar-refractivity contribution in [3.05, 3.63) is 43.5 Å². The quantitative estimate of drug-likeness (QED) is 0.341. The fourth-order valence-corrected chi connectivity index (χ4v) is 5.24. The van der Waals surface area contributed by atoms with Crippen LogP contribution in [-0.2, 0) is 0 Å². The van der Waals surface area contributed by atoms with E-state index in [4.69, 9.17) is 18.9 Å². The van der Waals surface area contributed by atoms with E-state index in [1.165, 1.54) is 22.8 Å². The van der Waals surface area contributed by atoms with Crippen LogP contribution in [-0.4, -0.2) is 27.4 Å². The Labute approximate surface area is 173 Å². The zero-order valence-electron chi connectivity index (χ0n) is 16.7. The van der Waals surface area contributed by atoms with Crippen LogP contribution in [0.2, 0.25) is 0 Å². The van der Waals surface area contributed by atoms with Crippen LogP contribution in [0.3, 0.4) is 0 Å². The third kappa shape index (κ3) is 6.79. The number of ether oxygens (including phenoxy) is 4. The molecule has 0 aliphatic heterocycles. The van der Waals surface area contributed by atoms with E-state index in [2.05, 4.69) is 31.2 Å². The molecule has 0 fully saturated rings. The van der Waals surface area contributed by atoms with Crippen LogP contribution in [0.1, 0.15) is 39.5 Å². The second kappa shape index (κ2) is 12.0. The van der Waals surface area contributed by atoms with Crippen molar-refractivity contribution in [2.24, 2.45) is 0 Å². The number of rotatable bonds is 12. The molecule has 0 saturated carbocycles. The maximum absolute atomic E-state index is 5.84. The maximum Gasteiger partial charge on any atom is 0.366 e. The normalized spacial score (nSPS) is 10.5. The van der Waals surface area contributed by atoms with Gasteiger partial charge < -0.3 is 18.9 Å². The van der Waals surface area contributed by atoms with E-state index < -0.39 is 21.2 Å². The van der Waals surface area contributed by atoms with Gasteiger partial charge in [0.2, 0.25) is 0 Å². The molecular weight excluding hydrogens is 455 g/mol. The number of benzene rings is 2. The van der Waals surface area contributed by atoms with Gasteiger partial charge in [-0.25, -0.2) is 0 Å². The molecule has 2 aromatic rings. The summed E-state index contributed by atoms with van der Waals surface area (Å²) in [5.74, 6) is 3.35. The number of unbranched alkanes of at least 4 members (excludes halogenated alkanes) is 3. The third-order valence-corrected chi connectivity index (χ3v) is 6.96. The molecule has 2 aromatic carbocycles. The van der Waals surface area contributed by atoms with E-state index in [1.807, 2.05) is 19.1 Å². The molecule has 5 heteroatoms. The Balaban J connectivity index is 2.05. The first kappa shape index (κ1) is 21.7. The van der Waals surface area contributed by atoms with Gasteiger partial charge in [-0.15, -0.1) is 0 Å². The summed E-state index contributed by atoms with van der Waals surface area (Å²) >= 11 is -0.446. The van der Waals surface area contributed by atoms with Gasteiger partial charge in [0, 0.05) is 12.1 Å². The van der Waals surface area contributed by atoms with Crippen LogP contribution in [0.4, 0.5) is 0 Å². The summed E-state index contributed by atoms with van der Waals surface area (Å²) in [4.78, 5) is 0. The van der Waals surface area contributed by atoms with Crippen LogP contribution in [0, 0.1) is 7.14 Å². The van der Waals surface area contributed by atoms with Crippen LogP contribution < -0.4 is 40.2 Å². The second-order valence-corrected chi connectivity index (χ2v) is 8.90. The topological polar surface area (TPSA) is 36.9 Å². The molecule has 0 spiro atoms. The van der Waals surface area contributed by atoms with E-state index in [0.29, 0.717) is 6.61 Å². The molecule has 0 bridgehead atoms. The molecule has 0 aliphatic rings. The zero-order valence-corrected chi connectivity index (χ0v) is 18.9. The molecule has 148 valence electrons. The summed E-state index contributed by atoms with van der Waals surface area (Å²) in [6.45, 7) is 5.58. The molecule has 0 saturated heterocycles. The van der Waals surface area contributed by atoms with Crippen molar-refractivity contribution in [3.63, 3.8) is 0 Å². The lowest BCUT2D eigenvalue weighted by Gasteiger charge is -2.09. The predicted molar refractivity (Wildman–Crippen MR) is 104 cm³/mol. The number of methoxy groups -OCH3 is 2.